The summed E-state index contributed by atoms with van der Waals surface area (Å²) in [6.07, 6.45) is 0. The van der Waals surface area contributed by atoms with Crippen molar-refractivity contribution < 1.29 is 0 Å². The number of fused-ring (bicyclic) bond motifs is 8. The summed E-state index contributed by atoms with van der Waals surface area (Å²) in [6.45, 7) is -0.326. The molecule has 564 valence electrons. The molecule has 0 unspecified atom stereocenters. The van der Waals surface area contributed by atoms with Gasteiger partial charge in [0.15, 0.2) is 0 Å². The van der Waals surface area contributed by atoms with E-state index in [1.54, 1.807) is 0 Å². The molecule has 23 aromatic carbocycles. The van der Waals surface area contributed by atoms with Crippen LogP contribution in [-0.2, 0) is 0 Å². The van der Waals surface area contributed by atoms with Crippen molar-refractivity contribution in [3.8, 4) is 89.0 Å². The molecule has 23 aromatic rings. The summed E-state index contributed by atoms with van der Waals surface area (Å²) in [7, 11) is 0. The lowest BCUT2D eigenvalue weighted by atomic mass is 9.33. The Labute approximate surface area is 708 Å². The predicted octanol–water partition coefficient (Wildman–Crippen LogP) is 30.7. The van der Waals surface area contributed by atoms with E-state index in [-0.39, 0.29) is 6.71 Å². The molecule has 0 aliphatic carbocycles. The van der Waals surface area contributed by atoms with Crippen molar-refractivity contribution in [3.63, 3.8) is 0 Å². The lowest BCUT2D eigenvalue weighted by molar-refractivity contribution is 1.23. The molecule has 122 heavy (non-hydrogen) atoms. The third kappa shape index (κ3) is 10.8. The molecular weight excluding hydrogens is 1470 g/mol. The van der Waals surface area contributed by atoms with Crippen LogP contribution in [0.25, 0.3) is 175 Å². The second-order valence-electron chi connectivity index (χ2n) is 32.8. The van der Waals surface area contributed by atoms with Crippen LogP contribution in [0.3, 0.4) is 0 Å². The second-order valence-corrected chi connectivity index (χ2v) is 32.8. The second kappa shape index (κ2) is 27.9. The molecule has 0 aromatic heterocycles. The van der Waals surface area contributed by atoms with Gasteiger partial charge in [0.1, 0.15) is 0 Å². The number of nitrogens with zero attached hydrogens (tertiary/aromatic N) is 3. The Hall–Kier alpha value is -15.9. The minimum atomic E-state index is -0.326. The lowest BCUT2D eigenvalue weighted by Gasteiger charge is -2.46. The quantitative estimate of drug-likeness (QED) is 0.0647. The summed E-state index contributed by atoms with van der Waals surface area (Å²) in [5.74, 6) is 0. The van der Waals surface area contributed by atoms with E-state index in [2.05, 4.69) is 464 Å². The van der Waals surface area contributed by atoms with E-state index < -0.39 is 0 Å². The van der Waals surface area contributed by atoms with Gasteiger partial charge < -0.3 is 14.7 Å². The summed E-state index contributed by atoms with van der Waals surface area (Å²) in [4.78, 5) is 7.95. The molecule has 0 fully saturated rings. The Kier molecular flexibility index (Phi) is 15.8. The summed E-state index contributed by atoms with van der Waals surface area (Å²) < 4.78 is 0. The van der Waals surface area contributed by atoms with Crippen molar-refractivity contribution >= 4 is 160 Å². The van der Waals surface area contributed by atoms with Gasteiger partial charge in [0.05, 0.1) is 17.1 Å². The topological polar surface area (TPSA) is 9.72 Å². The summed E-state index contributed by atoms with van der Waals surface area (Å²) in [6, 6.07) is 170. The van der Waals surface area contributed by atoms with E-state index in [1.807, 2.05) is 0 Å². The van der Waals surface area contributed by atoms with Gasteiger partial charge in [0.25, 0.3) is 6.71 Å². The fourth-order valence-electron chi connectivity index (χ4n) is 21.0. The van der Waals surface area contributed by atoms with Crippen LogP contribution in [0.2, 0.25) is 0 Å². The van der Waals surface area contributed by atoms with Gasteiger partial charge in [-0.15, -0.1) is 0 Å². The van der Waals surface area contributed by atoms with Gasteiger partial charge in [0.2, 0.25) is 0 Å². The van der Waals surface area contributed by atoms with Crippen LogP contribution < -0.4 is 31.1 Å². The molecule has 2 aliphatic heterocycles. The van der Waals surface area contributed by atoms with Crippen LogP contribution in [-0.4, -0.2) is 6.71 Å². The zero-order valence-corrected chi connectivity index (χ0v) is 66.6. The molecule has 4 heteroatoms. The third-order valence-corrected chi connectivity index (χ3v) is 26.3. The first-order valence-electron chi connectivity index (χ1n) is 42.4. The van der Waals surface area contributed by atoms with Crippen LogP contribution >= 0.6 is 0 Å². The normalized spacial score (nSPS) is 12.4. The molecule has 0 atom stereocenters. The minimum Gasteiger partial charge on any atom is -0.310 e. The van der Waals surface area contributed by atoms with E-state index in [0.717, 1.165) is 129 Å². The molecular formula is C118H74BN3. The van der Waals surface area contributed by atoms with Crippen LogP contribution in [0, 0.1) is 0 Å². The molecule has 0 amide bonds. The average molecular weight is 1540 g/mol. The molecule has 0 saturated heterocycles. The van der Waals surface area contributed by atoms with Crippen molar-refractivity contribution in [1.29, 1.82) is 0 Å². The van der Waals surface area contributed by atoms with Crippen molar-refractivity contribution in [2.75, 3.05) is 14.7 Å². The number of hydrogen-bond donors (Lipinski definition) is 0. The number of benzene rings is 23. The van der Waals surface area contributed by atoms with Crippen molar-refractivity contribution in [2.24, 2.45) is 0 Å². The maximum Gasteiger partial charge on any atom is 0.252 e. The first kappa shape index (κ1) is 69.3. The van der Waals surface area contributed by atoms with Gasteiger partial charge in [-0.2, -0.15) is 0 Å². The SMILES string of the molecule is c1ccc(-c2ccc(N(c3ccc(-c4ccccc4)cc3)c3cc4c5c(c3)N(c3c(-c6ccccc6)cccc3-c3ccccc3)c3cc(-c6ccc7c8cccc9cccc(c%10cccc6c%107)c98)ccc3B5c3ccc(-c5ccc6c7cccc8cccc(c9cccc5c96)c87)cc3N4c3c(-c4ccccc4)cccc3-c3ccccc3)cc2)cc1. The number of rotatable bonds is 13. The number of hydrogen-bond acceptors (Lipinski definition) is 3. The molecule has 0 saturated carbocycles. The zero-order chi connectivity index (χ0) is 80.0. The third-order valence-electron chi connectivity index (χ3n) is 26.3. The van der Waals surface area contributed by atoms with Crippen LogP contribution in [0.4, 0.5) is 51.2 Å². The van der Waals surface area contributed by atoms with Crippen LogP contribution in [0.5, 0.6) is 0 Å². The van der Waals surface area contributed by atoms with Gasteiger partial charge in [-0.3, -0.25) is 0 Å². The van der Waals surface area contributed by atoms with E-state index in [1.165, 1.54) is 114 Å². The molecule has 0 spiro atoms. The Bertz CT molecular complexity index is 7410. The molecule has 3 nitrogen and oxygen atoms in total. The number of para-hydroxylation sites is 2. The van der Waals surface area contributed by atoms with Crippen LogP contribution in [0.15, 0.2) is 449 Å². The monoisotopic (exact) mass is 1540 g/mol. The fourth-order valence-corrected chi connectivity index (χ4v) is 21.0. The maximum atomic E-state index is 2.71. The van der Waals surface area contributed by atoms with Gasteiger partial charge in [-0.25, -0.2) is 0 Å². The zero-order valence-electron chi connectivity index (χ0n) is 66.6. The van der Waals surface area contributed by atoms with Gasteiger partial charge in [-0.05, 0) is 218 Å². The summed E-state index contributed by atoms with van der Waals surface area (Å²) in [5, 5.41) is 20.3. The Balaban J connectivity index is 0.838. The molecule has 0 N–H and O–H groups in total. The Morgan fingerprint density at radius 2 is 0.451 bits per heavy atom. The summed E-state index contributed by atoms with van der Waals surface area (Å²) in [5.41, 5.74) is 31.2. The van der Waals surface area contributed by atoms with E-state index in [9.17, 15) is 0 Å². The van der Waals surface area contributed by atoms with Crippen molar-refractivity contribution in [3.05, 3.63) is 449 Å². The summed E-state index contributed by atoms with van der Waals surface area (Å²) >= 11 is 0. The molecule has 2 heterocycles. The minimum absolute atomic E-state index is 0.326. The lowest BCUT2D eigenvalue weighted by Crippen LogP contribution is -2.61. The van der Waals surface area contributed by atoms with Crippen molar-refractivity contribution in [1.82, 2.24) is 0 Å². The molecule has 25 rings (SSSR count). The molecule has 2 aliphatic rings. The van der Waals surface area contributed by atoms with E-state index in [4.69, 9.17) is 0 Å². The van der Waals surface area contributed by atoms with E-state index in [0.29, 0.717) is 0 Å². The highest BCUT2D eigenvalue weighted by molar-refractivity contribution is 7.00. The van der Waals surface area contributed by atoms with Gasteiger partial charge in [-0.1, -0.05) is 400 Å². The highest BCUT2D eigenvalue weighted by atomic mass is 15.2. The van der Waals surface area contributed by atoms with Crippen molar-refractivity contribution in [2.45, 2.75) is 0 Å². The largest absolute Gasteiger partial charge is 0.310 e. The first-order chi connectivity index (χ1) is 60.6. The predicted molar refractivity (Wildman–Crippen MR) is 521 cm³/mol. The highest BCUT2D eigenvalue weighted by Gasteiger charge is 2.46. The Morgan fingerprint density at radius 1 is 0.172 bits per heavy atom. The smallest absolute Gasteiger partial charge is 0.252 e. The highest BCUT2D eigenvalue weighted by Crippen LogP contribution is 2.57. The molecule has 0 radical (unpaired) electrons. The first-order valence-corrected chi connectivity index (χ1v) is 42.4. The van der Waals surface area contributed by atoms with Gasteiger partial charge >= 0.3 is 0 Å². The molecule has 0 bridgehead atoms. The number of anilines is 9. The standard InChI is InChI=1S/C118H74BN3/c1-7-27-75(28-8-1)77-55-61-87(62-56-77)120(88-63-57-78(58-64-88)76-29-9-2-10-30-76)89-73-110-116-111(74-89)122(118-94(81-35-15-5-16-36-81)45-24-46-95(118)82-37-17-6-18-38-82)109-72-86(91-66-68-105-101-50-22-42-84-40-20-48-99(113(84)101)103-54-26-52-97(91)115(103)105)60-70-107(109)119(116)106-69-59-85(90-65-67-104-100-49-21-41-83-39-19-47-98(112(83)100)102-53-25-51-96(90)114(102)104)71-108(106)121(110)117-92(79-31-11-3-12-32-79)43-23-44-93(117)80-33-13-4-14-34-80/h1-74H. The average Bonchev–Trinajstić information content (AvgIpc) is 0.689. The van der Waals surface area contributed by atoms with E-state index >= 15 is 0 Å². The van der Waals surface area contributed by atoms with Gasteiger partial charge in [0, 0.05) is 56.4 Å². The maximum absolute atomic E-state index is 2.71. The Morgan fingerprint density at radius 3 is 0.795 bits per heavy atom. The van der Waals surface area contributed by atoms with Crippen LogP contribution in [0.1, 0.15) is 0 Å². The fraction of sp³-hybridized carbons (Fsp3) is 0.